The number of nitrogen functional groups attached to an aromatic ring is 1. The van der Waals surface area contributed by atoms with Crippen LogP contribution in [0.25, 0.3) is 11.4 Å². The first-order valence-corrected chi connectivity index (χ1v) is 6.30. The van der Waals surface area contributed by atoms with Crippen molar-refractivity contribution < 1.29 is 4.74 Å². The van der Waals surface area contributed by atoms with Gasteiger partial charge in [0.1, 0.15) is 11.6 Å². The Morgan fingerprint density at radius 2 is 2.00 bits per heavy atom. The summed E-state index contributed by atoms with van der Waals surface area (Å²) >= 11 is 2.11. The highest BCUT2D eigenvalue weighted by molar-refractivity contribution is 14.1. The smallest absolute Gasteiger partial charge is 0.161 e. The molecule has 0 aliphatic heterocycles. The first-order chi connectivity index (χ1) is 8.20. The summed E-state index contributed by atoms with van der Waals surface area (Å²) < 4.78 is 6.23. The molecule has 0 aliphatic carbocycles. The number of anilines is 1. The van der Waals surface area contributed by atoms with Crippen molar-refractivity contribution in [2.75, 3.05) is 12.3 Å². The Labute approximate surface area is 113 Å². The molecule has 5 heteroatoms. The van der Waals surface area contributed by atoms with Crippen molar-refractivity contribution in [3.63, 3.8) is 0 Å². The number of benzene rings is 1. The van der Waals surface area contributed by atoms with Gasteiger partial charge in [0, 0.05) is 11.8 Å². The zero-order valence-corrected chi connectivity index (χ0v) is 11.5. The second kappa shape index (κ2) is 5.31. The van der Waals surface area contributed by atoms with Gasteiger partial charge in [0.05, 0.1) is 10.2 Å². The molecule has 1 heterocycles. The van der Waals surface area contributed by atoms with Gasteiger partial charge >= 0.3 is 0 Å². The number of nitrogens with zero attached hydrogens (tertiary/aromatic N) is 2. The van der Waals surface area contributed by atoms with Crippen molar-refractivity contribution in [1.82, 2.24) is 9.97 Å². The first-order valence-electron chi connectivity index (χ1n) is 5.22. The van der Waals surface area contributed by atoms with E-state index in [2.05, 4.69) is 32.6 Å². The molecular formula is C12H12IN3O. The Bertz CT molecular complexity index is 514. The topological polar surface area (TPSA) is 61.0 Å². The van der Waals surface area contributed by atoms with Crippen molar-refractivity contribution in [2.24, 2.45) is 0 Å². The van der Waals surface area contributed by atoms with Gasteiger partial charge < -0.3 is 10.5 Å². The normalized spacial score (nSPS) is 10.2. The van der Waals surface area contributed by atoms with E-state index in [4.69, 9.17) is 10.5 Å². The molecular weight excluding hydrogens is 329 g/mol. The second-order valence-corrected chi connectivity index (χ2v) is 4.55. The lowest BCUT2D eigenvalue weighted by Gasteiger charge is -2.05. The van der Waals surface area contributed by atoms with E-state index in [1.54, 1.807) is 6.20 Å². The molecule has 0 bridgehead atoms. The second-order valence-electron chi connectivity index (χ2n) is 3.38. The predicted molar refractivity (Wildman–Crippen MR) is 75.8 cm³/mol. The molecule has 0 fully saturated rings. The van der Waals surface area contributed by atoms with Crippen LogP contribution in [0.3, 0.4) is 0 Å². The third kappa shape index (κ3) is 2.85. The van der Waals surface area contributed by atoms with Gasteiger partial charge in [0.15, 0.2) is 5.82 Å². The Balaban J connectivity index is 2.30. The molecule has 1 aromatic heterocycles. The fourth-order valence-corrected chi connectivity index (χ4v) is 1.65. The highest BCUT2D eigenvalue weighted by Crippen LogP contribution is 2.21. The van der Waals surface area contributed by atoms with E-state index in [1.807, 2.05) is 31.2 Å². The summed E-state index contributed by atoms with van der Waals surface area (Å²) in [6.45, 7) is 2.61. The van der Waals surface area contributed by atoms with Crippen LogP contribution < -0.4 is 10.5 Å². The minimum absolute atomic E-state index is 0.504. The number of ether oxygens (including phenoxy) is 1. The van der Waals surface area contributed by atoms with Gasteiger partial charge in [0.2, 0.25) is 0 Å². The van der Waals surface area contributed by atoms with Gasteiger partial charge in [0.25, 0.3) is 0 Å². The lowest BCUT2D eigenvalue weighted by atomic mass is 10.2. The summed E-state index contributed by atoms with van der Waals surface area (Å²) in [6.07, 6.45) is 1.72. The Kier molecular flexibility index (Phi) is 3.78. The number of rotatable bonds is 3. The summed E-state index contributed by atoms with van der Waals surface area (Å²) in [4.78, 5) is 8.48. The van der Waals surface area contributed by atoms with Crippen LogP contribution in [0.4, 0.5) is 5.82 Å². The highest BCUT2D eigenvalue weighted by Gasteiger charge is 2.04. The molecule has 2 rings (SSSR count). The van der Waals surface area contributed by atoms with E-state index >= 15 is 0 Å². The third-order valence-corrected chi connectivity index (χ3v) is 3.03. The number of hydrogen-bond acceptors (Lipinski definition) is 4. The lowest BCUT2D eigenvalue weighted by molar-refractivity contribution is 0.340. The molecule has 0 amide bonds. The van der Waals surface area contributed by atoms with Crippen LogP contribution >= 0.6 is 22.6 Å². The van der Waals surface area contributed by atoms with Crippen LogP contribution in [0.15, 0.2) is 30.5 Å². The van der Waals surface area contributed by atoms with Crippen molar-refractivity contribution in [3.8, 4) is 17.1 Å². The van der Waals surface area contributed by atoms with E-state index in [1.165, 1.54) is 0 Å². The zero-order valence-electron chi connectivity index (χ0n) is 9.35. The van der Waals surface area contributed by atoms with Crippen molar-refractivity contribution in [1.29, 1.82) is 0 Å². The van der Waals surface area contributed by atoms with Gasteiger partial charge in [-0.3, -0.25) is 0 Å². The van der Waals surface area contributed by atoms with Gasteiger partial charge in [-0.05, 0) is 53.8 Å². The third-order valence-electron chi connectivity index (χ3n) is 2.19. The molecule has 0 aliphatic rings. The number of aromatic nitrogens is 2. The maximum atomic E-state index is 5.75. The molecule has 0 radical (unpaired) electrons. The lowest BCUT2D eigenvalue weighted by Crippen LogP contribution is -1.98. The number of nitrogens with two attached hydrogens (primary N) is 1. The van der Waals surface area contributed by atoms with Crippen LogP contribution in [-0.2, 0) is 0 Å². The molecule has 0 unspecified atom stereocenters. The Morgan fingerprint density at radius 3 is 2.59 bits per heavy atom. The molecule has 0 atom stereocenters. The molecule has 4 nitrogen and oxygen atoms in total. The quantitative estimate of drug-likeness (QED) is 0.872. The van der Waals surface area contributed by atoms with Gasteiger partial charge in [-0.1, -0.05) is 0 Å². The van der Waals surface area contributed by atoms with E-state index in [-0.39, 0.29) is 0 Å². The van der Waals surface area contributed by atoms with Crippen LogP contribution in [-0.4, -0.2) is 16.6 Å². The van der Waals surface area contributed by atoms with E-state index in [9.17, 15) is 0 Å². The SMILES string of the molecule is CCOc1ccc(-c2ncc(I)c(N)n2)cc1. The van der Waals surface area contributed by atoms with Gasteiger partial charge in [-0.15, -0.1) is 0 Å². The average Bonchev–Trinajstić information content (AvgIpc) is 2.34. The van der Waals surface area contributed by atoms with Crippen molar-refractivity contribution in [2.45, 2.75) is 6.92 Å². The van der Waals surface area contributed by atoms with Crippen molar-refractivity contribution in [3.05, 3.63) is 34.0 Å². The first kappa shape index (κ1) is 12.1. The number of hydrogen-bond donors (Lipinski definition) is 1. The summed E-state index contributed by atoms with van der Waals surface area (Å²) in [5.41, 5.74) is 6.68. The fraction of sp³-hybridized carbons (Fsp3) is 0.167. The van der Waals surface area contributed by atoms with Crippen LogP contribution in [0, 0.1) is 3.57 Å². The average molecular weight is 341 g/mol. The summed E-state index contributed by atoms with van der Waals surface area (Å²) in [5, 5.41) is 0. The fourth-order valence-electron chi connectivity index (χ4n) is 1.39. The molecule has 88 valence electrons. The monoisotopic (exact) mass is 341 g/mol. The molecule has 1 aromatic carbocycles. The van der Waals surface area contributed by atoms with Crippen LogP contribution in [0.5, 0.6) is 5.75 Å². The molecule has 2 aromatic rings. The molecule has 0 saturated carbocycles. The summed E-state index contributed by atoms with van der Waals surface area (Å²) in [7, 11) is 0. The molecule has 0 spiro atoms. The Hall–Kier alpha value is -1.37. The molecule has 17 heavy (non-hydrogen) atoms. The minimum Gasteiger partial charge on any atom is -0.494 e. The summed E-state index contributed by atoms with van der Waals surface area (Å²) in [5.74, 6) is 1.98. The highest BCUT2D eigenvalue weighted by atomic mass is 127. The van der Waals surface area contributed by atoms with Crippen molar-refractivity contribution >= 4 is 28.4 Å². The summed E-state index contributed by atoms with van der Waals surface area (Å²) in [6, 6.07) is 7.64. The maximum Gasteiger partial charge on any atom is 0.161 e. The zero-order chi connectivity index (χ0) is 12.3. The molecule has 0 saturated heterocycles. The van der Waals surface area contributed by atoms with Gasteiger partial charge in [-0.25, -0.2) is 9.97 Å². The number of halogens is 1. The van der Waals surface area contributed by atoms with Crippen LogP contribution in [0.2, 0.25) is 0 Å². The van der Waals surface area contributed by atoms with Gasteiger partial charge in [-0.2, -0.15) is 0 Å². The minimum atomic E-state index is 0.504. The van der Waals surface area contributed by atoms with E-state index in [0.717, 1.165) is 14.9 Å². The largest absolute Gasteiger partial charge is 0.494 e. The van der Waals surface area contributed by atoms with E-state index in [0.29, 0.717) is 18.2 Å². The van der Waals surface area contributed by atoms with Crippen LogP contribution in [0.1, 0.15) is 6.92 Å². The standard InChI is InChI=1S/C12H12IN3O/c1-2-17-9-5-3-8(4-6-9)12-15-7-10(13)11(14)16-12/h3-7H,2H2,1H3,(H2,14,15,16). The molecule has 2 N–H and O–H groups in total. The predicted octanol–water partition coefficient (Wildman–Crippen LogP) is 2.73. The van der Waals surface area contributed by atoms with E-state index < -0.39 is 0 Å². The Morgan fingerprint density at radius 1 is 1.29 bits per heavy atom. The maximum absolute atomic E-state index is 5.75.